The van der Waals surface area contributed by atoms with E-state index in [1.54, 1.807) is 0 Å². The zero-order valence-corrected chi connectivity index (χ0v) is 9.94. The highest BCUT2D eigenvalue weighted by Crippen LogP contribution is 2.42. The summed E-state index contributed by atoms with van der Waals surface area (Å²) in [4.78, 5) is 10.8. The van der Waals surface area contributed by atoms with E-state index in [0.29, 0.717) is 12.0 Å². The number of halogens is 3. The molecule has 3 nitrogen and oxygen atoms in total. The summed E-state index contributed by atoms with van der Waals surface area (Å²) in [6.07, 6.45) is -3.81. The fourth-order valence-corrected chi connectivity index (χ4v) is 2.47. The van der Waals surface area contributed by atoms with E-state index in [2.05, 4.69) is 0 Å². The summed E-state index contributed by atoms with van der Waals surface area (Å²) in [5, 5.41) is 19.2. The highest BCUT2D eigenvalue weighted by Gasteiger charge is 2.42. The molecule has 0 aliphatic heterocycles. The van der Waals surface area contributed by atoms with Crippen molar-refractivity contribution < 1.29 is 28.2 Å². The van der Waals surface area contributed by atoms with Crippen LogP contribution in [0.1, 0.15) is 30.4 Å². The fourth-order valence-electron chi connectivity index (χ4n) is 2.47. The molecule has 0 saturated heterocycles. The number of carbonyl (C=O) groups is 1. The minimum Gasteiger partial charge on any atom is -0.481 e. The van der Waals surface area contributed by atoms with Gasteiger partial charge in [-0.05, 0) is 37.0 Å². The summed E-state index contributed by atoms with van der Waals surface area (Å²) in [6.45, 7) is 0. The van der Waals surface area contributed by atoms with Crippen LogP contribution < -0.4 is 0 Å². The Morgan fingerprint density at radius 3 is 2.26 bits per heavy atom. The molecule has 0 bridgehead atoms. The average Bonchev–Trinajstić information content (AvgIpc) is 2.73. The maximum Gasteiger partial charge on any atom is 0.416 e. The third-order valence-electron chi connectivity index (χ3n) is 3.59. The van der Waals surface area contributed by atoms with Crippen LogP contribution in [-0.4, -0.2) is 16.2 Å². The van der Waals surface area contributed by atoms with Gasteiger partial charge in [0, 0.05) is 0 Å². The third kappa shape index (κ3) is 2.73. The van der Waals surface area contributed by atoms with Crippen LogP contribution in [0.2, 0.25) is 0 Å². The Kier molecular flexibility index (Phi) is 3.30. The van der Waals surface area contributed by atoms with Gasteiger partial charge >= 0.3 is 12.1 Å². The van der Waals surface area contributed by atoms with E-state index >= 15 is 0 Å². The topological polar surface area (TPSA) is 57.5 Å². The van der Waals surface area contributed by atoms with Crippen molar-refractivity contribution in [3.05, 3.63) is 35.4 Å². The number of carboxylic acid groups (broad SMARTS) is 1. The summed E-state index contributed by atoms with van der Waals surface area (Å²) in [7, 11) is 0. The van der Waals surface area contributed by atoms with Gasteiger partial charge in [-0.1, -0.05) is 12.1 Å². The molecule has 0 heterocycles. The van der Waals surface area contributed by atoms with Gasteiger partial charge in [-0.25, -0.2) is 0 Å². The summed E-state index contributed by atoms with van der Waals surface area (Å²) >= 11 is 0. The molecule has 0 radical (unpaired) electrons. The van der Waals surface area contributed by atoms with E-state index in [0.717, 1.165) is 12.1 Å². The fraction of sp³-hybridized carbons (Fsp3) is 0.462. The van der Waals surface area contributed by atoms with E-state index in [4.69, 9.17) is 5.11 Å². The summed E-state index contributed by atoms with van der Waals surface area (Å²) in [5.41, 5.74) is -1.79. The molecule has 1 aliphatic rings. The Labute approximate surface area is 107 Å². The second-order valence-corrected chi connectivity index (χ2v) is 4.88. The number of carboxylic acids is 1. The second-order valence-electron chi connectivity index (χ2n) is 4.88. The number of rotatable bonds is 2. The lowest BCUT2D eigenvalue weighted by atomic mass is 9.90. The molecule has 104 valence electrons. The zero-order valence-electron chi connectivity index (χ0n) is 9.94. The first-order chi connectivity index (χ1) is 8.72. The van der Waals surface area contributed by atoms with Crippen LogP contribution in [0.4, 0.5) is 13.2 Å². The molecule has 0 unspecified atom stereocenters. The lowest BCUT2D eigenvalue weighted by Gasteiger charge is -2.23. The summed E-state index contributed by atoms with van der Waals surface area (Å²) in [5.74, 6) is -1.63. The van der Waals surface area contributed by atoms with E-state index < -0.39 is 29.2 Å². The molecule has 0 amide bonds. The van der Waals surface area contributed by atoms with E-state index in [-0.39, 0.29) is 12.8 Å². The van der Waals surface area contributed by atoms with Crippen molar-refractivity contribution in [2.24, 2.45) is 5.92 Å². The first-order valence-corrected chi connectivity index (χ1v) is 5.85. The van der Waals surface area contributed by atoms with E-state index in [1.807, 2.05) is 0 Å². The molecular formula is C13H13F3O3. The molecule has 1 fully saturated rings. The SMILES string of the molecule is O=C(O)[C@@H]1CC[C@@](O)(c2ccc(C(F)(F)F)cc2)C1. The number of aliphatic hydroxyl groups is 1. The van der Waals surface area contributed by atoms with Crippen molar-refractivity contribution in [1.29, 1.82) is 0 Å². The maximum absolute atomic E-state index is 12.4. The molecule has 1 aliphatic carbocycles. The van der Waals surface area contributed by atoms with Gasteiger partial charge in [-0.2, -0.15) is 13.2 Å². The van der Waals surface area contributed by atoms with Crippen molar-refractivity contribution in [1.82, 2.24) is 0 Å². The predicted molar refractivity (Wildman–Crippen MR) is 60.3 cm³/mol. The van der Waals surface area contributed by atoms with Crippen molar-refractivity contribution >= 4 is 5.97 Å². The normalized spacial score (nSPS) is 27.5. The smallest absolute Gasteiger partial charge is 0.416 e. The number of hydrogen-bond donors (Lipinski definition) is 2. The van der Waals surface area contributed by atoms with Gasteiger partial charge in [0.1, 0.15) is 0 Å². The predicted octanol–water partition coefficient (Wildman–Crippen LogP) is 2.78. The van der Waals surface area contributed by atoms with Crippen LogP contribution in [0.15, 0.2) is 24.3 Å². The molecule has 6 heteroatoms. The van der Waals surface area contributed by atoms with Gasteiger partial charge in [0.05, 0.1) is 17.1 Å². The van der Waals surface area contributed by atoms with E-state index in [9.17, 15) is 23.1 Å². The molecule has 1 saturated carbocycles. The van der Waals surface area contributed by atoms with Gasteiger partial charge in [-0.15, -0.1) is 0 Å². The lowest BCUT2D eigenvalue weighted by Crippen LogP contribution is -2.23. The Hall–Kier alpha value is -1.56. The summed E-state index contributed by atoms with van der Waals surface area (Å²) < 4.78 is 37.3. The summed E-state index contributed by atoms with van der Waals surface area (Å²) in [6, 6.07) is 4.24. The van der Waals surface area contributed by atoms with Crippen LogP contribution in [-0.2, 0) is 16.6 Å². The molecule has 0 spiro atoms. The molecule has 0 aromatic heterocycles. The minimum atomic E-state index is -4.42. The monoisotopic (exact) mass is 274 g/mol. The van der Waals surface area contributed by atoms with Gasteiger partial charge in [0.15, 0.2) is 0 Å². The largest absolute Gasteiger partial charge is 0.481 e. The van der Waals surface area contributed by atoms with Crippen molar-refractivity contribution in [2.45, 2.75) is 31.0 Å². The molecule has 2 atom stereocenters. The molecule has 1 aromatic carbocycles. The minimum absolute atomic E-state index is 0.0354. The van der Waals surface area contributed by atoms with Gasteiger partial charge in [-0.3, -0.25) is 4.79 Å². The van der Waals surface area contributed by atoms with Gasteiger partial charge in [0.2, 0.25) is 0 Å². The van der Waals surface area contributed by atoms with Crippen LogP contribution in [0.3, 0.4) is 0 Å². The first-order valence-electron chi connectivity index (χ1n) is 5.85. The average molecular weight is 274 g/mol. The van der Waals surface area contributed by atoms with Crippen molar-refractivity contribution in [2.75, 3.05) is 0 Å². The molecule has 19 heavy (non-hydrogen) atoms. The number of alkyl halides is 3. The van der Waals surface area contributed by atoms with E-state index in [1.165, 1.54) is 12.1 Å². The number of benzene rings is 1. The Bertz CT molecular complexity index is 481. The maximum atomic E-state index is 12.4. The van der Waals surface area contributed by atoms with Crippen LogP contribution in [0.25, 0.3) is 0 Å². The lowest BCUT2D eigenvalue weighted by molar-refractivity contribution is -0.142. The van der Waals surface area contributed by atoms with Crippen LogP contribution in [0, 0.1) is 5.92 Å². The van der Waals surface area contributed by atoms with Crippen LogP contribution in [0.5, 0.6) is 0 Å². The standard InChI is InChI=1S/C13H13F3O3/c14-13(15,16)10-3-1-9(2-4-10)12(19)6-5-8(7-12)11(17)18/h1-4,8,19H,5-7H2,(H,17,18)/t8-,12+/m1/s1. The quantitative estimate of drug-likeness (QED) is 0.871. The van der Waals surface area contributed by atoms with Gasteiger partial charge < -0.3 is 10.2 Å². The molecular weight excluding hydrogens is 261 g/mol. The van der Waals surface area contributed by atoms with Gasteiger partial charge in [0.25, 0.3) is 0 Å². The number of hydrogen-bond acceptors (Lipinski definition) is 2. The number of aliphatic carboxylic acids is 1. The molecule has 2 rings (SSSR count). The first kappa shape index (κ1) is 13.9. The van der Waals surface area contributed by atoms with Crippen molar-refractivity contribution in [3.63, 3.8) is 0 Å². The third-order valence-corrected chi connectivity index (χ3v) is 3.59. The van der Waals surface area contributed by atoms with Crippen LogP contribution >= 0.6 is 0 Å². The Morgan fingerprint density at radius 1 is 1.26 bits per heavy atom. The second kappa shape index (κ2) is 4.52. The zero-order chi connectivity index (χ0) is 14.3. The molecule has 2 N–H and O–H groups in total. The Morgan fingerprint density at radius 2 is 1.84 bits per heavy atom. The molecule has 1 aromatic rings. The highest BCUT2D eigenvalue weighted by molar-refractivity contribution is 5.70. The van der Waals surface area contributed by atoms with Crippen molar-refractivity contribution in [3.8, 4) is 0 Å². The Balaban J connectivity index is 2.21. The highest BCUT2D eigenvalue weighted by atomic mass is 19.4.